The van der Waals surface area contributed by atoms with Crippen LogP contribution in [0.4, 0.5) is 61.5 Å². The Morgan fingerprint density at radius 1 is 0.640 bits per heavy atom. The fourth-order valence-corrected chi connectivity index (χ4v) is 1.49. The number of hydrogen-bond donors (Lipinski definition) is 0. The lowest BCUT2D eigenvalue weighted by Crippen LogP contribution is -2.64. The fraction of sp³-hybridized carbons (Fsp3) is 1.00. The van der Waals surface area contributed by atoms with E-state index >= 15 is 0 Å². The Balaban J connectivity index is 6.02. The zero-order valence-electron chi connectivity index (χ0n) is 10.6. The number of rotatable bonds is 6. The van der Waals surface area contributed by atoms with Crippen LogP contribution in [-0.4, -0.2) is 44.0 Å². The van der Waals surface area contributed by atoms with Crippen molar-refractivity contribution in [2.24, 2.45) is 0 Å². The molecule has 25 heavy (non-hydrogen) atoms. The van der Waals surface area contributed by atoms with Gasteiger partial charge in [-0.1, -0.05) is 0 Å². The molecule has 0 saturated heterocycles. The largest absolute Gasteiger partial charge is 0.523 e. The first-order valence-electron chi connectivity index (χ1n) is 5.01. The van der Waals surface area contributed by atoms with Gasteiger partial charge < -0.3 is 0 Å². The minimum absolute atomic E-state index is 1.54. The Bertz CT molecular complexity index is 585. The van der Waals surface area contributed by atoms with Crippen LogP contribution in [0.2, 0.25) is 0 Å². The van der Waals surface area contributed by atoms with Gasteiger partial charge in [-0.25, -0.2) is 0 Å². The first-order valence-corrected chi connectivity index (χ1v) is 6.42. The summed E-state index contributed by atoms with van der Waals surface area (Å²) in [6.45, 7) is 0. The summed E-state index contributed by atoms with van der Waals surface area (Å²) in [7, 11) is -7.71. The second kappa shape index (κ2) is 5.98. The van der Waals surface area contributed by atoms with E-state index in [1.165, 1.54) is 4.18 Å². The molecular formula is C7H2F14O3S. The molecule has 0 bridgehead atoms. The van der Waals surface area contributed by atoms with E-state index < -0.39 is 52.1 Å². The zero-order chi connectivity index (χ0) is 20.9. The molecule has 0 aromatic rings. The Morgan fingerprint density at radius 3 is 1.28 bits per heavy atom. The van der Waals surface area contributed by atoms with Crippen LogP contribution < -0.4 is 0 Å². The van der Waals surface area contributed by atoms with E-state index in [0.717, 1.165) is 0 Å². The molecule has 0 amide bonds. The van der Waals surface area contributed by atoms with Crippen molar-refractivity contribution < 1.29 is 74.1 Å². The predicted molar refractivity (Wildman–Crippen MR) is 46.5 cm³/mol. The zero-order valence-corrected chi connectivity index (χ0v) is 11.4. The highest BCUT2D eigenvalue weighted by Gasteiger charge is 2.83. The molecule has 0 aromatic carbocycles. The molecule has 0 spiro atoms. The highest BCUT2D eigenvalue weighted by atomic mass is 32.2. The summed E-state index contributed by atoms with van der Waals surface area (Å²) in [6.07, 6.45) is -17.9. The molecule has 18 heteroatoms. The minimum atomic E-state index is -7.80. The fourth-order valence-electron chi connectivity index (χ4n) is 1.01. The van der Waals surface area contributed by atoms with Crippen LogP contribution in [0.25, 0.3) is 0 Å². The summed E-state index contributed by atoms with van der Waals surface area (Å²) in [5, 5.41) is 0. The van der Waals surface area contributed by atoms with E-state index in [9.17, 15) is 69.9 Å². The molecule has 0 atom stereocenters. The molecule has 0 aliphatic heterocycles. The van der Waals surface area contributed by atoms with E-state index in [0.29, 0.717) is 0 Å². The van der Waals surface area contributed by atoms with Gasteiger partial charge in [-0.05, 0) is 0 Å². The second-order valence-corrected chi connectivity index (χ2v) is 5.68. The monoisotopic (exact) mass is 432 g/mol. The van der Waals surface area contributed by atoms with Gasteiger partial charge in [0, 0.05) is 0 Å². The van der Waals surface area contributed by atoms with Gasteiger partial charge in [-0.3, -0.25) is 0 Å². The predicted octanol–water partition coefficient (Wildman–Crippen LogP) is 4.30. The van der Waals surface area contributed by atoms with Crippen molar-refractivity contribution >= 4 is 10.1 Å². The van der Waals surface area contributed by atoms with E-state index in [1.807, 2.05) is 0 Å². The van der Waals surface area contributed by atoms with Crippen LogP contribution in [-0.2, 0) is 14.3 Å². The number of halogens is 14. The van der Waals surface area contributed by atoms with Gasteiger partial charge in [0.05, 0.1) is 0 Å². The Kier molecular flexibility index (Phi) is 5.73. The lowest BCUT2D eigenvalue weighted by Gasteiger charge is -2.36. The Labute approximate surface area is 127 Å². The molecule has 0 heterocycles. The van der Waals surface area contributed by atoms with E-state index in [1.54, 1.807) is 0 Å². The number of hydrogen-bond acceptors (Lipinski definition) is 3. The van der Waals surface area contributed by atoms with Crippen LogP contribution in [0, 0.1) is 0 Å². The van der Waals surface area contributed by atoms with Crippen LogP contribution in [0.15, 0.2) is 0 Å². The first-order chi connectivity index (χ1) is 10.4. The molecule has 0 aliphatic carbocycles. The van der Waals surface area contributed by atoms with E-state index in [4.69, 9.17) is 0 Å². The molecule has 0 aliphatic rings. The summed E-state index contributed by atoms with van der Waals surface area (Å²) >= 11 is 0. The van der Waals surface area contributed by atoms with Crippen molar-refractivity contribution in [1.82, 2.24) is 0 Å². The van der Waals surface area contributed by atoms with Crippen LogP contribution in [0.1, 0.15) is 6.42 Å². The van der Waals surface area contributed by atoms with Gasteiger partial charge in [0.2, 0.25) is 0 Å². The average Bonchev–Trinajstić information content (AvgIpc) is 2.21. The van der Waals surface area contributed by atoms with Crippen molar-refractivity contribution in [3.05, 3.63) is 0 Å². The molecule has 0 aromatic heterocycles. The van der Waals surface area contributed by atoms with Crippen molar-refractivity contribution in [2.45, 2.75) is 42.0 Å². The highest BCUT2D eigenvalue weighted by Crippen LogP contribution is 2.56. The topological polar surface area (TPSA) is 43.4 Å². The molecule has 152 valence electrons. The van der Waals surface area contributed by atoms with E-state index in [2.05, 4.69) is 0 Å². The van der Waals surface area contributed by atoms with Gasteiger partial charge in [0.1, 0.15) is 6.42 Å². The maximum absolute atomic E-state index is 12.9. The molecule has 0 fully saturated rings. The summed E-state index contributed by atoms with van der Waals surface area (Å²) in [6, 6.07) is 0. The van der Waals surface area contributed by atoms with Crippen molar-refractivity contribution in [1.29, 1.82) is 0 Å². The summed E-state index contributed by atoms with van der Waals surface area (Å²) < 4.78 is 194. The standard InChI is InChI=1S/C7H2F14O3S/c8-2(9,1-3(10,11)12)4(13,14)5(15,16)6(17,18)24-25(22,23)7(19,20)21/h1H2. The molecule has 0 radical (unpaired) electrons. The SMILES string of the molecule is O=S(=O)(OC(F)(F)C(F)(F)C(F)(F)C(F)(F)CC(F)(F)F)C(F)(F)F. The summed E-state index contributed by atoms with van der Waals surface area (Å²) in [5.74, 6) is -22.4. The molecule has 0 saturated carbocycles. The molecule has 3 nitrogen and oxygen atoms in total. The summed E-state index contributed by atoms with van der Waals surface area (Å²) in [4.78, 5) is 0. The molecule has 0 rings (SSSR count). The van der Waals surface area contributed by atoms with Crippen LogP contribution in [0.3, 0.4) is 0 Å². The van der Waals surface area contributed by atoms with Crippen molar-refractivity contribution in [3.63, 3.8) is 0 Å². The Morgan fingerprint density at radius 2 is 1.00 bits per heavy atom. The van der Waals surface area contributed by atoms with Crippen molar-refractivity contribution in [3.8, 4) is 0 Å². The molecule has 0 N–H and O–H groups in total. The smallest absolute Gasteiger partial charge is 0.199 e. The lowest BCUT2D eigenvalue weighted by atomic mass is 10.0. The maximum atomic E-state index is 12.9. The molecule has 0 unspecified atom stereocenters. The quantitative estimate of drug-likeness (QED) is 0.357. The molecular weight excluding hydrogens is 430 g/mol. The van der Waals surface area contributed by atoms with Crippen LogP contribution in [0.5, 0.6) is 0 Å². The minimum Gasteiger partial charge on any atom is -0.199 e. The third-order valence-corrected chi connectivity index (χ3v) is 3.14. The maximum Gasteiger partial charge on any atom is 0.523 e. The van der Waals surface area contributed by atoms with Crippen molar-refractivity contribution in [2.75, 3.05) is 0 Å². The van der Waals surface area contributed by atoms with Gasteiger partial charge >= 0.3 is 45.7 Å². The van der Waals surface area contributed by atoms with Gasteiger partial charge in [-0.2, -0.15) is 74.1 Å². The Hall–Kier alpha value is -1.07. The van der Waals surface area contributed by atoms with Crippen LogP contribution >= 0.6 is 0 Å². The van der Waals surface area contributed by atoms with Gasteiger partial charge in [0.25, 0.3) is 0 Å². The highest BCUT2D eigenvalue weighted by molar-refractivity contribution is 7.87. The normalized spacial score (nSPS) is 16.2. The first kappa shape index (κ1) is 23.9. The third-order valence-electron chi connectivity index (χ3n) is 2.14. The third kappa shape index (κ3) is 4.56. The van der Waals surface area contributed by atoms with Gasteiger partial charge in [0.15, 0.2) is 0 Å². The number of alkyl halides is 14. The van der Waals surface area contributed by atoms with E-state index in [-0.39, 0.29) is 0 Å². The summed E-state index contributed by atoms with van der Waals surface area (Å²) in [5.41, 5.74) is -6.86. The average molecular weight is 432 g/mol. The second-order valence-electron chi connectivity index (χ2n) is 4.15. The van der Waals surface area contributed by atoms with Gasteiger partial charge in [-0.15, -0.1) is 0 Å². The lowest BCUT2D eigenvalue weighted by molar-refractivity contribution is -0.414.